The Morgan fingerprint density at radius 2 is 2.07 bits per heavy atom. The van der Waals surface area contributed by atoms with Gasteiger partial charge in [0.1, 0.15) is 10.3 Å². The third kappa shape index (κ3) is 3.45. The van der Waals surface area contributed by atoms with Gasteiger partial charge in [0.15, 0.2) is 9.84 Å². The lowest BCUT2D eigenvalue weighted by molar-refractivity contribution is 0.195. The first kappa shape index (κ1) is 13.0. The monoisotopic (exact) mass is 312 g/mol. The lowest BCUT2D eigenvalue weighted by Crippen LogP contribution is -2.21. The van der Waals surface area contributed by atoms with E-state index < -0.39 is 20.1 Å². The van der Waals surface area contributed by atoms with E-state index in [1.165, 1.54) is 6.07 Å². The highest BCUT2D eigenvalue weighted by Gasteiger charge is 2.27. The van der Waals surface area contributed by atoms with E-state index in [0.717, 1.165) is 6.26 Å². The molecule has 0 aromatic heterocycles. The predicted molar refractivity (Wildman–Crippen MR) is 64.0 cm³/mol. The summed E-state index contributed by atoms with van der Waals surface area (Å²) < 4.78 is 21.4. The average molecular weight is 314 g/mol. The van der Waals surface area contributed by atoms with Crippen LogP contribution in [-0.4, -0.2) is 23.9 Å². The molecule has 1 aromatic rings. The molecule has 6 heteroatoms. The Balaban J connectivity index is 3.00. The summed E-state index contributed by atoms with van der Waals surface area (Å²) in [6.07, 6.45) is -0.0705. The van der Waals surface area contributed by atoms with Crippen molar-refractivity contribution in [3.05, 3.63) is 34.9 Å². The molecule has 2 atom stereocenters. The topological polar surface area (TPSA) is 54.4 Å². The van der Waals surface area contributed by atoms with Gasteiger partial charge < -0.3 is 5.11 Å². The van der Waals surface area contributed by atoms with Crippen molar-refractivity contribution in [2.75, 3.05) is 6.26 Å². The van der Waals surface area contributed by atoms with Crippen LogP contribution in [0.1, 0.15) is 11.7 Å². The van der Waals surface area contributed by atoms with Crippen LogP contribution >= 0.6 is 27.5 Å². The second-order valence-electron chi connectivity index (χ2n) is 3.18. The molecule has 0 amide bonds. The molecule has 0 aliphatic heterocycles. The van der Waals surface area contributed by atoms with Crippen LogP contribution in [0.2, 0.25) is 5.02 Å². The largest absolute Gasteiger partial charge is 0.386 e. The number of halogens is 2. The summed E-state index contributed by atoms with van der Waals surface area (Å²) in [5, 5.41) is 10.2. The number of aliphatic hydroxyl groups is 1. The van der Waals surface area contributed by atoms with Crippen LogP contribution < -0.4 is 0 Å². The van der Waals surface area contributed by atoms with Gasteiger partial charge in [0.05, 0.1) is 0 Å². The van der Waals surface area contributed by atoms with Crippen LogP contribution in [0.5, 0.6) is 0 Å². The highest BCUT2D eigenvalue weighted by Crippen LogP contribution is 2.27. The van der Waals surface area contributed by atoms with Gasteiger partial charge in [-0.05, 0) is 17.7 Å². The second kappa shape index (κ2) is 4.82. The van der Waals surface area contributed by atoms with E-state index in [1.54, 1.807) is 18.2 Å². The normalized spacial score (nSPS) is 16.0. The molecule has 15 heavy (non-hydrogen) atoms. The molecule has 1 rings (SSSR count). The molecule has 0 saturated carbocycles. The summed E-state index contributed by atoms with van der Waals surface area (Å²) in [6.45, 7) is 0. The molecule has 3 nitrogen and oxygen atoms in total. The van der Waals surface area contributed by atoms with Crippen LogP contribution in [0.4, 0.5) is 0 Å². The molecule has 0 aliphatic rings. The van der Waals surface area contributed by atoms with Crippen molar-refractivity contribution in [3.8, 4) is 0 Å². The van der Waals surface area contributed by atoms with Crippen LogP contribution in [-0.2, 0) is 9.84 Å². The number of hydrogen-bond donors (Lipinski definition) is 1. The Hall–Kier alpha value is -0.100. The summed E-state index contributed by atoms with van der Waals surface area (Å²) in [4.78, 5) is 0. The molecule has 0 heterocycles. The van der Waals surface area contributed by atoms with E-state index in [1.807, 2.05) is 0 Å². The summed E-state index contributed by atoms with van der Waals surface area (Å²) in [6, 6.07) is 6.46. The smallest absolute Gasteiger partial charge is 0.163 e. The molecular weight excluding hydrogens is 304 g/mol. The van der Waals surface area contributed by atoms with Gasteiger partial charge in [0.25, 0.3) is 0 Å². The van der Waals surface area contributed by atoms with Crippen molar-refractivity contribution < 1.29 is 13.5 Å². The summed E-state index contributed by atoms with van der Waals surface area (Å²) in [5.41, 5.74) is 0.467. The van der Waals surface area contributed by atoms with Gasteiger partial charge in [-0.2, -0.15) is 0 Å². The van der Waals surface area contributed by atoms with Crippen LogP contribution in [0.3, 0.4) is 0 Å². The van der Waals surface area contributed by atoms with Gasteiger partial charge in [-0.1, -0.05) is 39.7 Å². The van der Waals surface area contributed by atoms with Crippen LogP contribution in [0.15, 0.2) is 24.3 Å². The number of aliphatic hydroxyl groups excluding tert-OH is 1. The average Bonchev–Trinajstić information content (AvgIpc) is 2.14. The van der Waals surface area contributed by atoms with Gasteiger partial charge in [-0.15, -0.1) is 0 Å². The molecule has 0 fully saturated rings. The van der Waals surface area contributed by atoms with Gasteiger partial charge in [0, 0.05) is 11.3 Å². The van der Waals surface area contributed by atoms with E-state index in [0.29, 0.717) is 10.6 Å². The third-order valence-corrected chi connectivity index (χ3v) is 5.70. The summed E-state index contributed by atoms with van der Waals surface area (Å²) >= 11 is 8.68. The van der Waals surface area contributed by atoms with Crippen molar-refractivity contribution in [2.24, 2.45) is 0 Å². The minimum absolute atomic E-state index is 0.458. The second-order valence-corrected chi connectivity index (χ2v) is 7.38. The Bertz CT molecular complexity index is 446. The molecule has 1 aromatic carbocycles. The van der Waals surface area contributed by atoms with Crippen molar-refractivity contribution in [1.82, 2.24) is 0 Å². The molecule has 0 unspecified atom stereocenters. The summed E-state index contributed by atoms with van der Waals surface area (Å²) in [5.74, 6) is 0. The van der Waals surface area contributed by atoms with E-state index in [9.17, 15) is 13.5 Å². The van der Waals surface area contributed by atoms with Crippen molar-refractivity contribution in [1.29, 1.82) is 0 Å². The lowest BCUT2D eigenvalue weighted by atomic mass is 10.1. The van der Waals surface area contributed by atoms with Gasteiger partial charge in [-0.25, -0.2) is 8.42 Å². The number of sulfone groups is 1. The zero-order chi connectivity index (χ0) is 11.6. The lowest BCUT2D eigenvalue weighted by Gasteiger charge is -2.16. The number of rotatable bonds is 3. The maximum atomic E-state index is 11.2. The first-order chi connectivity index (χ1) is 6.82. The van der Waals surface area contributed by atoms with Crippen LogP contribution in [0, 0.1) is 0 Å². The zero-order valence-corrected chi connectivity index (χ0v) is 11.1. The molecule has 84 valence electrons. The Labute approximate surface area is 102 Å². The van der Waals surface area contributed by atoms with E-state index in [-0.39, 0.29) is 0 Å². The van der Waals surface area contributed by atoms with E-state index >= 15 is 0 Å². The van der Waals surface area contributed by atoms with E-state index in [4.69, 9.17) is 11.6 Å². The zero-order valence-electron chi connectivity index (χ0n) is 7.89. The Morgan fingerprint density at radius 1 is 1.47 bits per heavy atom. The highest BCUT2D eigenvalue weighted by atomic mass is 79.9. The molecule has 0 radical (unpaired) electrons. The molecule has 0 aliphatic carbocycles. The minimum atomic E-state index is -3.34. The summed E-state index contributed by atoms with van der Waals surface area (Å²) in [7, 11) is -3.34. The molecule has 0 bridgehead atoms. The standard InChI is InChI=1S/C9H10BrClO3S/c1-15(13,14)9(10)8(12)6-3-2-4-7(11)5-6/h2-5,8-9,12H,1H3/t8-,9-/m0/s1. The maximum Gasteiger partial charge on any atom is 0.163 e. The minimum Gasteiger partial charge on any atom is -0.386 e. The fourth-order valence-corrected chi connectivity index (χ4v) is 2.21. The van der Waals surface area contributed by atoms with Crippen molar-refractivity contribution in [3.63, 3.8) is 0 Å². The third-order valence-electron chi connectivity index (χ3n) is 1.85. The first-order valence-electron chi connectivity index (χ1n) is 4.09. The van der Waals surface area contributed by atoms with Gasteiger partial charge in [0.2, 0.25) is 0 Å². The van der Waals surface area contributed by atoms with Crippen molar-refractivity contribution in [2.45, 2.75) is 10.3 Å². The fraction of sp³-hybridized carbons (Fsp3) is 0.333. The molecule has 0 saturated heterocycles. The molecule has 0 spiro atoms. The SMILES string of the molecule is CS(=O)(=O)[C@H](Br)[C@@H](O)c1cccc(Cl)c1. The Kier molecular flexibility index (Phi) is 4.17. The number of alkyl halides is 1. The van der Waals surface area contributed by atoms with Gasteiger partial charge in [-0.3, -0.25) is 0 Å². The Morgan fingerprint density at radius 3 is 2.53 bits per heavy atom. The maximum absolute atomic E-state index is 11.2. The fourth-order valence-electron chi connectivity index (χ4n) is 1.08. The molecule has 1 N–H and O–H groups in total. The van der Waals surface area contributed by atoms with Gasteiger partial charge >= 0.3 is 0 Å². The molecular formula is C9H10BrClO3S. The van der Waals surface area contributed by atoms with Crippen LogP contribution in [0.25, 0.3) is 0 Å². The van der Waals surface area contributed by atoms with E-state index in [2.05, 4.69) is 15.9 Å². The number of hydrogen-bond acceptors (Lipinski definition) is 3. The predicted octanol–water partition coefficient (Wildman–Crippen LogP) is 2.14. The van der Waals surface area contributed by atoms with Crippen molar-refractivity contribution >= 4 is 37.4 Å². The number of benzene rings is 1. The first-order valence-corrected chi connectivity index (χ1v) is 7.33. The quantitative estimate of drug-likeness (QED) is 0.870. The highest BCUT2D eigenvalue weighted by molar-refractivity contribution is 9.11.